The Morgan fingerprint density at radius 1 is 1.05 bits per heavy atom. The lowest BCUT2D eigenvalue weighted by Crippen LogP contribution is -1.98. The highest BCUT2D eigenvalue weighted by Gasteiger charge is 2.05. The van der Waals surface area contributed by atoms with Gasteiger partial charge in [-0.2, -0.15) is 0 Å². The number of hydrogen-bond donors (Lipinski definition) is 1. The van der Waals surface area contributed by atoms with Gasteiger partial charge in [-0.05, 0) is 48.5 Å². The number of anilines is 1. The fourth-order valence-electron chi connectivity index (χ4n) is 1.72. The fourth-order valence-corrected chi connectivity index (χ4v) is 2.62. The minimum absolute atomic E-state index is 0.118. The summed E-state index contributed by atoms with van der Waals surface area (Å²) in [4.78, 5) is 12.2. The van der Waals surface area contributed by atoms with Crippen LogP contribution in [0.5, 0.6) is 0 Å². The molecule has 0 bridgehead atoms. The second-order valence-corrected chi connectivity index (χ2v) is 7.58. The van der Waals surface area contributed by atoms with Crippen LogP contribution in [0.3, 0.4) is 0 Å². The van der Waals surface area contributed by atoms with E-state index in [0.717, 1.165) is 10.7 Å². The molecule has 114 valence electrons. The molecule has 0 aliphatic rings. The molecule has 0 amide bonds. The smallest absolute Gasteiger partial charge is 0.187 e. The van der Waals surface area contributed by atoms with Crippen LogP contribution >= 0.6 is 15.9 Å². The molecule has 2 aromatic carbocycles. The van der Waals surface area contributed by atoms with Crippen LogP contribution in [-0.4, -0.2) is 20.5 Å². The molecule has 6 heteroatoms. The number of benzene rings is 2. The molecular formula is C16H14BrNO3S. The number of nitrogens with one attached hydrogen (secondary N) is 1. The molecule has 0 heterocycles. The first-order valence-corrected chi connectivity index (χ1v) is 9.08. The van der Waals surface area contributed by atoms with E-state index in [4.69, 9.17) is 0 Å². The van der Waals surface area contributed by atoms with Crippen LogP contribution in [0, 0.1) is 0 Å². The molecule has 0 saturated carbocycles. The lowest BCUT2D eigenvalue weighted by molar-refractivity contribution is 0.104. The number of rotatable bonds is 5. The van der Waals surface area contributed by atoms with Crippen LogP contribution in [-0.2, 0) is 9.84 Å². The standard InChI is InChI=1S/C16H14BrNO3S/c1-22(20,21)15-8-6-14(7-9-15)18-11-10-16(19)12-2-4-13(17)5-3-12/h2-11,18H,1H3. The Hall–Kier alpha value is -1.92. The molecule has 0 saturated heterocycles. The molecule has 0 spiro atoms. The average Bonchev–Trinajstić information content (AvgIpc) is 2.47. The molecule has 0 aliphatic heterocycles. The van der Waals surface area contributed by atoms with Gasteiger partial charge < -0.3 is 5.32 Å². The summed E-state index contributed by atoms with van der Waals surface area (Å²) in [5.41, 5.74) is 1.29. The minimum atomic E-state index is -3.20. The summed E-state index contributed by atoms with van der Waals surface area (Å²) in [7, 11) is -3.20. The molecular weight excluding hydrogens is 366 g/mol. The van der Waals surface area contributed by atoms with E-state index in [0.29, 0.717) is 11.3 Å². The first kappa shape index (κ1) is 16.5. The topological polar surface area (TPSA) is 63.2 Å². The zero-order valence-corrected chi connectivity index (χ0v) is 14.2. The predicted molar refractivity (Wildman–Crippen MR) is 90.8 cm³/mol. The quantitative estimate of drug-likeness (QED) is 0.635. The third-order valence-corrected chi connectivity index (χ3v) is 4.55. The molecule has 0 atom stereocenters. The molecule has 0 radical (unpaired) electrons. The molecule has 0 fully saturated rings. The Kier molecular flexibility index (Phi) is 5.15. The van der Waals surface area contributed by atoms with Crippen molar-refractivity contribution in [2.24, 2.45) is 0 Å². The van der Waals surface area contributed by atoms with E-state index in [-0.39, 0.29) is 10.7 Å². The van der Waals surface area contributed by atoms with Gasteiger partial charge in [0, 0.05) is 34.3 Å². The third kappa shape index (κ3) is 4.54. The van der Waals surface area contributed by atoms with E-state index in [2.05, 4.69) is 21.2 Å². The van der Waals surface area contributed by atoms with Crippen molar-refractivity contribution in [3.05, 3.63) is 70.8 Å². The van der Waals surface area contributed by atoms with Crippen LogP contribution in [0.1, 0.15) is 10.4 Å². The van der Waals surface area contributed by atoms with Gasteiger partial charge >= 0.3 is 0 Å². The summed E-state index contributed by atoms with van der Waals surface area (Å²) in [5.74, 6) is -0.118. The summed E-state index contributed by atoms with van der Waals surface area (Å²) in [6, 6.07) is 13.4. The normalized spacial score (nSPS) is 11.5. The number of hydrogen-bond acceptors (Lipinski definition) is 4. The number of ketones is 1. The number of carbonyl (C=O) groups excluding carboxylic acids is 1. The Bertz CT molecular complexity index is 794. The Morgan fingerprint density at radius 3 is 2.18 bits per heavy atom. The van der Waals surface area contributed by atoms with Crippen LogP contribution in [0.2, 0.25) is 0 Å². The number of carbonyl (C=O) groups is 1. The highest BCUT2D eigenvalue weighted by atomic mass is 79.9. The summed E-state index contributed by atoms with van der Waals surface area (Å²) in [6.07, 6.45) is 4.11. The molecule has 22 heavy (non-hydrogen) atoms. The number of sulfone groups is 1. The van der Waals surface area contributed by atoms with Gasteiger partial charge in [0.1, 0.15) is 0 Å². The lowest BCUT2D eigenvalue weighted by Gasteiger charge is -2.02. The monoisotopic (exact) mass is 379 g/mol. The van der Waals surface area contributed by atoms with E-state index in [9.17, 15) is 13.2 Å². The van der Waals surface area contributed by atoms with E-state index in [1.165, 1.54) is 24.4 Å². The van der Waals surface area contributed by atoms with Crippen molar-refractivity contribution in [1.82, 2.24) is 0 Å². The molecule has 0 unspecified atom stereocenters. The van der Waals surface area contributed by atoms with Crippen molar-refractivity contribution in [2.75, 3.05) is 11.6 Å². The maximum atomic E-state index is 11.9. The van der Waals surface area contributed by atoms with Crippen molar-refractivity contribution in [3.63, 3.8) is 0 Å². The highest BCUT2D eigenvalue weighted by Crippen LogP contribution is 2.14. The molecule has 0 aliphatic carbocycles. The second-order valence-electron chi connectivity index (χ2n) is 4.65. The zero-order chi connectivity index (χ0) is 16.2. The van der Waals surface area contributed by atoms with Gasteiger partial charge in [-0.3, -0.25) is 4.79 Å². The molecule has 4 nitrogen and oxygen atoms in total. The van der Waals surface area contributed by atoms with Crippen LogP contribution in [0.15, 0.2) is 70.2 Å². The number of halogens is 1. The van der Waals surface area contributed by atoms with Crippen LogP contribution in [0.4, 0.5) is 5.69 Å². The maximum Gasteiger partial charge on any atom is 0.187 e. The Labute approximate surface area is 137 Å². The largest absolute Gasteiger partial charge is 0.362 e. The second kappa shape index (κ2) is 6.89. The van der Waals surface area contributed by atoms with Crippen molar-refractivity contribution in [2.45, 2.75) is 4.90 Å². The molecule has 1 N–H and O–H groups in total. The summed E-state index contributed by atoms with van der Waals surface area (Å²) in [5, 5.41) is 2.93. The molecule has 0 aromatic heterocycles. The van der Waals surface area contributed by atoms with Crippen LogP contribution in [0.25, 0.3) is 0 Å². The van der Waals surface area contributed by atoms with Crippen LogP contribution < -0.4 is 5.32 Å². The summed E-state index contributed by atoms with van der Waals surface area (Å²) in [6.45, 7) is 0. The Morgan fingerprint density at radius 2 is 1.64 bits per heavy atom. The van der Waals surface area contributed by atoms with Gasteiger partial charge in [0.15, 0.2) is 15.6 Å². The first-order chi connectivity index (χ1) is 10.4. The lowest BCUT2D eigenvalue weighted by atomic mass is 10.1. The van der Waals surface area contributed by atoms with Crippen molar-refractivity contribution in [3.8, 4) is 0 Å². The predicted octanol–water partition coefficient (Wildman–Crippen LogP) is 3.66. The van der Waals surface area contributed by atoms with E-state index in [1.807, 2.05) is 0 Å². The third-order valence-electron chi connectivity index (χ3n) is 2.90. The summed E-state index contributed by atoms with van der Waals surface area (Å²) < 4.78 is 23.6. The highest BCUT2D eigenvalue weighted by molar-refractivity contribution is 9.10. The fraction of sp³-hybridized carbons (Fsp3) is 0.0625. The van der Waals surface area contributed by atoms with Gasteiger partial charge in [-0.1, -0.05) is 15.9 Å². The van der Waals surface area contributed by atoms with E-state index in [1.54, 1.807) is 36.4 Å². The van der Waals surface area contributed by atoms with Gasteiger partial charge in [-0.25, -0.2) is 8.42 Å². The van der Waals surface area contributed by atoms with Crippen molar-refractivity contribution < 1.29 is 13.2 Å². The van der Waals surface area contributed by atoms with Gasteiger partial charge in [0.2, 0.25) is 0 Å². The van der Waals surface area contributed by atoms with E-state index < -0.39 is 9.84 Å². The first-order valence-electron chi connectivity index (χ1n) is 6.39. The van der Waals surface area contributed by atoms with Gasteiger partial charge in [-0.15, -0.1) is 0 Å². The maximum absolute atomic E-state index is 11.9. The van der Waals surface area contributed by atoms with Gasteiger partial charge in [0.05, 0.1) is 4.90 Å². The Balaban J connectivity index is 2.00. The van der Waals surface area contributed by atoms with Gasteiger partial charge in [0.25, 0.3) is 0 Å². The van der Waals surface area contributed by atoms with E-state index >= 15 is 0 Å². The average molecular weight is 380 g/mol. The SMILES string of the molecule is CS(=O)(=O)c1ccc(NC=CC(=O)c2ccc(Br)cc2)cc1. The van der Waals surface area contributed by atoms with Crippen molar-refractivity contribution in [1.29, 1.82) is 0 Å². The summed E-state index contributed by atoms with van der Waals surface area (Å²) >= 11 is 3.31. The minimum Gasteiger partial charge on any atom is -0.362 e. The molecule has 2 rings (SSSR count). The number of allylic oxidation sites excluding steroid dienone is 1. The molecule has 2 aromatic rings. The zero-order valence-electron chi connectivity index (χ0n) is 11.8. The van der Waals surface area contributed by atoms with Crippen molar-refractivity contribution >= 4 is 37.2 Å².